The number of hydrogen-bond acceptors (Lipinski definition) is 4. The van der Waals surface area contributed by atoms with Gasteiger partial charge in [0.25, 0.3) is 0 Å². The molecule has 0 saturated carbocycles. The van der Waals surface area contributed by atoms with Crippen molar-refractivity contribution in [2.75, 3.05) is 4.90 Å². The molecule has 2 N–H and O–H groups in total. The average molecular weight is 301 g/mol. The van der Waals surface area contributed by atoms with E-state index in [2.05, 4.69) is 5.32 Å². The third kappa shape index (κ3) is 2.44. The van der Waals surface area contributed by atoms with E-state index in [9.17, 15) is 14.7 Å². The number of amides is 2. The third-order valence-electron chi connectivity index (χ3n) is 4.02. The average Bonchev–Trinajstić information content (AvgIpc) is 2.42. The highest BCUT2D eigenvalue weighted by Gasteiger charge is 2.47. The Labute approximate surface area is 129 Å². The number of hydrogen-bond donors (Lipinski definition) is 2. The molecule has 22 heavy (non-hydrogen) atoms. The van der Waals surface area contributed by atoms with Crippen molar-refractivity contribution in [3.8, 4) is 6.07 Å². The molecule has 0 bridgehead atoms. The Morgan fingerprint density at radius 2 is 2.00 bits per heavy atom. The molecule has 0 saturated heterocycles. The van der Waals surface area contributed by atoms with E-state index in [0.29, 0.717) is 16.8 Å². The number of carbonyl (C=O) groups is 2. The van der Waals surface area contributed by atoms with Crippen molar-refractivity contribution in [1.29, 1.82) is 5.26 Å². The molecule has 1 aromatic rings. The molecule has 0 fully saturated rings. The van der Waals surface area contributed by atoms with E-state index in [1.54, 1.807) is 32.0 Å². The number of aliphatic hydroxyl groups is 1. The second-order valence-corrected chi connectivity index (χ2v) is 6.02. The van der Waals surface area contributed by atoms with Gasteiger partial charge in [0.1, 0.15) is 6.10 Å². The van der Waals surface area contributed by atoms with Crippen LogP contribution in [-0.2, 0) is 9.59 Å². The summed E-state index contributed by atoms with van der Waals surface area (Å²) in [6, 6.07) is 6.26. The van der Waals surface area contributed by atoms with Gasteiger partial charge < -0.3 is 15.3 Å². The first kappa shape index (κ1) is 16.0. The van der Waals surface area contributed by atoms with Crippen LogP contribution in [0.15, 0.2) is 18.2 Å². The lowest BCUT2D eigenvalue weighted by molar-refractivity contribution is -0.121. The number of rotatable bonds is 1. The lowest BCUT2D eigenvalue weighted by Gasteiger charge is -2.49. The molecule has 2 amide bonds. The van der Waals surface area contributed by atoms with Crippen molar-refractivity contribution in [3.05, 3.63) is 29.3 Å². The third-order valence-corrected chi connectivity index (χ3v) is 4.02. The Balaban J connectivity index is 2.70. The van der Waals surface area contributed by atoms with Gasteiger partial charge in [0.05, 0.1) is 23.2 Å². The monoisotopic (exact) mass is 301 g/mol. The fourth-order valence-corrected chi connectivity index (χ4v) is 3.05. The molecule has 1 aromatic carbocycles. The Bertz CT molecular complexity index is 676. The SMILES string of the molecule is CC(=O)NC1c2cc(C#N)ccc2N(C(C)=O)C(C)(C)C1O. The minimum absolute atomic E-state index is 0.212. The summed E-state index contributed by atoms with van der Waals surface area (Å²) < 4.78 is 0. The molecule has 1 heterocycles. The zero-order valence-electron chi connectivity index (χ0n) is 13.0. The van der Waals surface area contributed by atoms with E-state index in [1.165, 1.54) is 18.7 Å². The van der Waals surface area contributed by atoms with Crippen LogP contribution in [0.5, 0.6) is 0 Å². The fourth-order valence-electron chi connectivity index (χ4n) is 3.05. The Morgan fingerprint density at radius 1 is 1.36 bits per heavy atom. The quantitative estimate of drug-likeness (QED) is 0.816. The highest BCUT2D eigenvalue weighted by atomic mass is 16.3. The second-order valence-electron chi connectivity index (χ2n) is 6.02. The van der Waals surface area contributed by atoms with Crippen LogP contribution in [0.1, 0.15) is 44.9 Å². The van der Waals surface area contributed by atoms with Gasteiger partial charge in [0, 0.05) is 25.1 Å². The predicted molar refractivity (Wildman–Crippen MR) is 81.0 cm³/mol. The highest BCUT2D eigenvalue weighted by molar-refractivity contribution is 5.95. The summed E-state index contributed by atoms with van der Waals surface area (Å²) in [6.45, 7) is 6.28. The van der Waals surface area contributed by atoms with Gasteiger partial charge >= 0.3 is 0 Å². The van der Waals surface area contributed by atoms with E-state index in [-0.39, 0.29) is 11.8 Å². The zero-order chi connectivity index (χ0) is 16.7. The maximum absolute atomic E-state index is 12.1. The molecule has 1 aliphatic rings. The summed E-state index contributed by atoms with van der Waals surface area (Å²) in [6.07, 6.45) is -0.998. The molecule has 2 atom stereocenters. The molecule has 6 heteroatoms. The van der Waals surface area contributed by atoms with E-state index in [1.807, 2.05) is 6.07 Å². The van der Waals surface area contributed by atoms with Crippen molar-refractivity contribution in [2.45, 2.75) is 45.4 Å². The number of aliphatic hydroxyl groups excluding tert-OH is 1. The number of carbonyl (C=O) groups excluding carboxylic acids is 2. The van der Waals surface area contributed by atoms with Crippen LogP contribution in [0.3, 0.4) is 0 Å². The Morgan fingerprint density at radius 3 is 2.50 bits per heavy atom. The van der Waals surface area contributed by atoms with Gasteiger partial charge in [-0.2, -0.15) is 5.26 Å². The summed E-state index contributed by atoms with van der Waals surface area (Å²) >= 11 is 0. The molecule has 116 valence electrons. The van der Waals surface area contributed by atoms with Crippen molar-refractivity contribution >= 4 is 17.5 Å². The van der Waals surface area contributed by atoms with Crippen LogP contribution in [0.4, 0.5) is 5.69 Å². The lowest BCUT2D eigenvalue weighted by Crippen LogP contribution is -2.62. The zero-order valence-corrected chi connectivity index (χ0v) is 13.0. The molecular formula is C16H19N3O3. The molecule has 0 aliphatic carbocycles. The van der Waals surface area contributed by atoms with Crippen LogP contribution in [0.25, 0.3) is 0 Å². The van der Waals surface area contributed by atoms with Crippen LogP contribution in [0.2, 0.25) is 0 Å². The van der Waals surface area contributed by atoms with E-state index < -0.39 is 17.7 Å². The van der Waals surface area contributed by atoms with E-state index in [4.69, 9.17) is 5.26 Å². The smallest absolute Gasteiger partial charge is 0.224 e. The van der Waals surface area contributed by atoms with E-state index >= 15 is 0 Å². The van der Waals surface area contributed by atoms with Crippen LogP contribution < -0.4 is 10.2 Å². The molecule has 2 unspecified atom stereocenters. The summed E-state index contributed by atoms with van der Waals surface area (Å²) in [5, 5.41) is 22.5. The van der Waals surface area contributed by atoms with Crippen LogP contribution >= 0.6 is 0 Å². The van der Waals surface area contributed by atoms with Crippen molar-refractivity contribution in [1.82, 2.24) is 5.32 Å². The number of nitrogens with one attached hydrogen (secondary N) is 1. The normalized spacial score (nSPS) is 22.5. The minimum atomic E-state index is -0.998. The first-order valence-corrected chi connectivity index (χ1v) is 7.00. The maximum Gasteiger partial charge on any atom is 0.224 e. The standard InChI is InChI=1S/C16H19N3O3/c1-9(20)18-14-12-7-11(8-17)5-6-13(12)19(10(2)21)16(3,4)15(14)22/h5-7,14-15,22H,1-4H3,(H,18,20). The topological polar surface area (TPSA) is 93.4 Å². The van der Waals surface area contributed by atoms with Crippen molar-refractivity contribution in [2.24, 2.45) is 0 Å². The second kappa shape index (κ2) is 5.43. The number of nitrogens with zero attached hydrogens (tertiary/aromatic N) is 2. The lowest BCUT2D eigenvalue weighted by atomic mass is 9.80. The fraction of sp³-hybridized carbons (Fsp3) is 0.438. The summed E-state index contributed by atoms with van der Waals surface area (Å²) in [4.78, 5) is 25.1. The number of nitriles is 1. The van der Waals surface area contributed by atoms with Gasteiger partial charge in [0.2, 0.25) is 11.8 Å². The molecule has 2 rings (SSSR count). The van der Waals surface area contributed by atoms with Gasteiger partial charge in [0.15, 0.2) is 0 Å². The summed E-state index contributed by atoms with van der Waals surface area (Å²) in [5.74, 6) is -0.499. The molecular weight excluding hydrogens is 282 g/mol. The Hall–Kier alpha value is -2.39. The van der Waals surface area contributed by atoms with Gasteiger partial charge in [-0.3, -0.25) is 9.59 Å². The number of benzene rings is 1. The van der Waals surface area contributed by atoms with Gasteiger partial charge in [-0.1, -0.05) is 0 Å². The predicted octanol–water partition coefficient (Wildman–Crippen LogP) is 1.24. The highest BCUT2D eigenvalue weighted by Crippen LogP contribution is 2.43. The first-order valence-electron chi connectivity index (χ1n) is 7.00. The van der Waals surface area contributed by atoms with Crippen molar-refractivity contribution in [3.63, 3.8) is 0 Å². The van der Waals surface area contributed by atoms with Crippen LogP contribution in [-0.4, -0.2) is 28.6 Å². The molecule has 0 radical (unpaired) electrons. The summed E-state index contributed by atoms with van der Waals surface area (Å²) in [5.41, 5.74) is 0.682. The van der Waals surface area contributed by atoms with Crippen molar-refractivity contribution < 1.29 is 14.7 Å². The maximum atomic E-state index is 12.1. The van der Waals surface area contributed by atoms with Gasteiger partial charge in [-0.05, 0) is 32.0 Å². The van der Waals surface area contributed by atoms with E-state index in [0.717, 1.165) is 0 Å². The largest absolute Gasteiger partial charge is 0.388 e. The minimum Gasteiger partial charge on any atom is -0.388 e. The summed E-state index contributed by atoms with van der Waals surface area (Å²) in [7, 11) is 0. The molecule has 6 nitrogen and oxygen atoms in total. The first-order chi connectivity index (χ1) is 10.2. The number of anilines is 1. The Kier molecular flexibility index (Phi) is 3.94. The number of fused-ring (bicyclic) bond motifs is 1. The molecule has 0 spiro atoms. The molecule has 0 aromatic heterocycles. The van der Waals surface area contributed by atoms with Gasteiger partial charge in [-0.25, -0.2) is 0 Å². The van der Waals surface area contributed by atoms with Crippen LogP contribution in [0, 0.1) is 11.3 Å². The van der Waals surface area contributed by atoms with Gasteiger partial charge in [-0.15, -0.1) is 0 Å². The molecule has 1 aliphatic heterocycles.